The first-order chi connectivity index (χ1) is 10.5. The number of aliphatic imine (C=N–C) groups is 1. The van der Waals surface area contributed by atoms with Gasteiger partial charge in [0.2, 0.25) is 0 Å². The number of Topliss-reactive ketones (excluding diaryl/α,β-unsaturated/α-hetero) is 1. The molecule has 2 heteroatoms. The van der Waals surface area contributed by atoms with E-state index < -0.39 is 0 Å². The molecule has 0 aromatic heterocycles. The number of rotatable bonds is 6. The Morgan fingerprint density at radius 2 is 1.64 bits per heavy atom. The van der Waals surface area contributed by atoms with Gasteiger partial charge >= 0.3 is 0 Å². The number of hydrogen-bond donors (Lipinski definition) is 0. The summed E-state index contributed by atoms with van der Waals surface area (Å²) in [6, 6.07) is 7.71. The van der Waals surface area contributed by atoms with Gasteiger partial charge in [0.05, 0.1) is 0 Å². The fraction of sp³-hybridized carbons (Fsp3) is 0.300. The first-order valence-corrected chi connectivity index (χ1v) is 7.62. The van der Waals surface area contributed by atoms with Crippen molar-refractivity contribution in [1.29, 1.82) is 0 Å². The highest BCUT2D eigenvalue weighted by molar-refractivity contribution is 5.94. The highest BCUT2D eigenvalue weighted by Crippen LogP contribution is 2.16. The van der Waals surface area contributed by atoms with Gasteiger partial charge in [-0.05, 0) is 56.9 Å². The second kappa shape index (κ2) is 8.93. The quantitative estimate of drug-likeness (QED) is 0.399. The number of allylic oxidation sites excluding steroid dienone is 6. The van der Waals surface area contributed by atoms with Crippen LogP contribution in [0.1, 0.15) is 50.5 Å². The van der Waals surface area contributed by atoms with Crippen LogP contribution in [0.2, 0.25) is 0 Å². The molecule has 1 aromatic carbocycles. The largest absolute Gasteiger partial charge is 0.295 e. The van der Waals surface area contributed by atoms with Crippen molar-refractivity contribution >= 4 is 17.6 Å². The topological polar surface area (TPSA) is 29.4 Å². The number of nitrogens with zero attached hydrogens (tertiary/aromatic N) is 1. The standard InChI is InChI=1S/C20H25NO/c1-6-15(3)20(14-21-7-2)9-8-16(4)18-10-12-19(13-11-18)17(5)22/h6,8-14H,7H2,1-5H3/b15-6-,16-8+,20-9-,21-14?. The van der Waals surface area contributed by atoms with Gasteiger partial charge in [-0.25, -0.2) is 0 Å². The predicted octanol–water partition coefficient (Wildman–Crippen LogP) is 5.28. The van der Waals surface area contributed by atoms with Gasteiger partial charge in [0, 0.05) is 18.3 Å². The van der Waals surface area contributed by atoms with Gasteiger partial charge in [0.15, 0.2) is 5.78 Å². The number of ketones is 1. The van der Waals surface area contributed by atoms with Crippen LogP contribution in [-0.2, 0) is 0 Å². The average Bonchev–Trinajstić information content (AvgIpc) is 2.54. The Morgan fingerprint density at radius 3 is 2.14 bits per heavy atom. The van der Waals surface area contributed by atoms with Crippen LogP contribution in [0, 0.1) is 0 Å². The van der Waals surface area contributed by atoms with E-state index in [0.717, 1.165) is 28.8 Å². The molecule has 0 unspecified atom stereocenters. The Balaban J connectivity index is 3.05. The van der Waals surface area contributed by atoms with Crippen LogP contribution in [0.15, 0.2) is 58.6 Å². The SMILES string of the molecule is C\C=C(C)/C(C=NCC)=C\C=C(/C)c1ccc(C(C)=O)cc1. The average molecular weight is 295 g/mol. The molecule has 0 heterocycles. The number of carbonyl (C=O) groups excluding carboxylic acids is 1. The van der Waals surface area contributed by atoms with Gasteiger partial charge in [-0.3, -0.25) is 9.79 Å². The fourth-order valence-electron chi connectivity index (χ4n) is 1.91. The molecule has 0 radical (unpaired) electrons. The normalized spacial score (nSPS) is 13.8. The highest BCUT2D eigenvalue weighted by atomic mass is 16.1. The molecule has 0 saturated carbocycles. The molecule has 2 nitrogen and oxygen atoms in total. The predicted molar refractivity (Wildman–Crippen MR) is 96.6 cm³/mol. The van der Waals surface area contributed by atoms with Gasteiger partial charge in [-0.15, -0.1) is 0 Å². The summed E-state index contributed by atoms with van der Waals surface area (Å²) >= 11 is 0. The van der Waals surface area contributed by atoms with Crippen molar-refractivity contribution in [1.82, 2.24) is 0 Å². The van der Waals surface area contributed by atoms with Gasteiger partial charge in [0.25, 0.3) is 0 Å². The molecule has 0 saturated heterocycles. The lowest BCUT2D eigenvalue weighted by Gasteiger charge is -2.03. The van der Waals surface area contributed by atoms with Crippen molar-refractivity contribution in [2.45, 2.75) is 34.6 Å². The second-order valence-corrected chi connectivity index (χ2v) is 5.20. The minimum Gasteiger partial charge on any atom is -0.295 e. The van der Waals surface area contributed by atoms with Crippen molar-refractivity contribution in [3.63, 3.8) is 0 Å². The van der Waals surface area contributed by atoms with Crippen LogP contribution in [0.4, 0.5) is 0 Å². The van der Waals surface area contributed by atoms with E-state index in [1.807, 2.05) is 44.3 Å². The van der Waals surface area contributed by atoms with Gasteiger partial charge in [-0.2, -0.15) is 0 Å². The van der Waals surface area contributed by atoms with Crippen molar-refractivity contribution in [2.24, 2.45) is 4.99 Å². The third kappa shape index (κ3) is 5.28. The van der Waals surface area contributed by atoms with E-state index >= 15 is 0 Å². The number of hydrogen-bond acceptors (Lipinski definition) is 2. The van der Waals surface area contributed by atoms with Crippen LogP contribution in [0.5, 0.6) is 0 Å². The van der Waals surface area contributed by atoms with E-state index in [9.17, 15) is 4.79 Å². The Morgan fingerprint density at radius 1 is 1.05 bits per heavy atom. The minimum atomic E-state index is 0.0925. The van der Waals surface area contributed by atoms with Crippen molar-refractivity contribution in [3.05, 3.63) is 64.8 Å². The van der Waals surface area contributed by atoms with Gasteiger partial charge in [-0.1, -0.05) is 42.5 Å². The summed E-state index contributed by atoms with van der Waals surface area (Å²) in [5.41, 5.74) is 5.33. The maximum atomic E-state index is 11.3. The number of carbonyl (C=O) groups is 1. The Hall–Kier alpha value is -2.22. The molecule has 0 aliphatic carbocycles. The molecule has 0 fully saturated rings. The van der Waals surface area contributed by atoms with E-state index in [1.54, 1.807) is 6.92 Å². The molecule has 0 atom stereocenters. The third-order valence-corrected chi connectivity index (χ3v) is 3.56. The van der Waals surface area contributed by atoms with Gasteiger partial charge < -0.3 is 0 Å². The summed E-state index contributed by atoms with van der Waals surface area (Å²) in [5.74, 6) is 0.0925. The summed E-state index contributed by atoms with van der Waals surface area (Å²) in [6.07, 6.45) is 8.17. The summed E-state index contributed by atoms with van der Waals surface area (Å²) in [6.45, 7) is 10.6. The summed E-state index contributed by atoms with van der Waals surface area (Å²) in [5, 5.41) is 0. The van der Waals surface area contributed by atoms with Crippen molar-refractivity contribution < 1.29 is 4.79 Å². The maximum absolute atomic E-state index is 11.3. The monoisotopic (exact) mass is 295 g/mol. The molecule has 0 bridgehead atoms. The molecular formula is C20H25NO. The zero-order chi connectivity index (χ0) is 16.5. The second-order valence-electron chi connectivity index (χ2n) is 5.20. The minimum absolute atomic E-state index is 0.0925. The smallest absolute Gasteiger partial charge is 0.159 e. The Labute approximate surface area is 134 Å². The fourth-order valence-corrected chi connectivity index (χ4v) is 1.91. The summed E-state index contributed by atoms with van der Waals surface area (Å²) in [7, 11) is 0. The maximum Gasteiger partial charge on any atom is 0.159 e. The molecule has 0 aliphatic heterocycles. The highest BCUT2D eigenvalue weighted by Gasteiger charge is 2.00. The zero-order valence-corrected chi connectivity index (χ0v) is 14.2. The first-order valence-electron chi connectivity index (χ1n) is 7.62. The molecule has 0 amide bonds. The van der Waals surface area contributed by atoms with E-state index in [-0.39, 0.29) is 5.78 Å². The summed E-state index contributed by atoms with van der Waals surface area (Å²) < 4.78 is 0. The van der Waals surface area contributed by atoms with Crippen molar-refractivity contribution in [3.8, 4) is 0 Å². The van der Waals surface area contributed by atoms with E-state index in [4.69, 9.17) is 0 Å². The Bertz CT molecular complexity index is 628. The molecule has 0 N–H and O–H groups in total. The summed E-state index contributed by atoms with van der Waals surface area (Å²) in [4.78, 5) is 15.6. The molecule has 116 valence electrons. The van der Waals surface area contributed by atoms with Crippen LogP contribution in [0.25, 0.3) is 5.57 Å². The van der Waals surface area contributed by atoms with Crippen LogP contribution in [-0.4, -0.2) is 18.5 Å². The molecule has 0 aliphatic rings. The van der Waals surface area contributed by atoms with Crippen LogP contribution in [0.3, 0.4) is 0 Å². The molecular weight excluding hydrogens is 270 g/mol. The molecule has 22 heavy (non-hydrogen) atoms. The Kier molecular flexibility index (Phi) is 7.24. The van der Waals surface area contributed by atoms with E-state index in [2.05, 4.69) is 37.1 Å². The van der Waals surface area contributed by atoms with E-state index in [1.165, 1.54) is 5.57 Å². The zero-order valence-electron chi connectivity index (χ0n) is 14.2. The van der Waals surface area contributed by atoms with Crippen LogP contribution >= 0.6 is 0 Å². The third-order valence-electron chi connectivity index (χ3n) is 3.56. The van der Waals surface area contributed by atoms with Gasteiger partial charge in [0.1, 0.15) is 0 Å². The van der Waals surface area contributed by atoms with Crippen LogP contribution < -0.4 is 0 Å². The molecule has 1 aromatic rings. The van der Waals surface area contributed by atoms with E-state index in [0.29, 0.717) is 0 Å². The lowest BCUT2D eigenvalue weighted by atomic mass is 10.0. The van der Waals surface area contributed by atoms with Crippen molar-refractivity contribution in [2.75, 3.05) is 6.54 Å². The lowest BCUT2D eigenvalue weighted by Crippen LogP contribution is -1.91. The number of benzene rings is 1. The lowest BCUT2D eigenvalue weighted by molar-refractivity contribution is 0.101. The molecule has 1 rings (SSSR count). The first kappa shape index (κ1) is 17.8. The molecule has 0 spiro atoms.